The van der Waals surface area contributed by atoms with Crippen molar-refractivity contribution in [2.45, 2.75) is 45.8 Å². The van der Waals surface area contributed by atoms with Crippen LogP contribution in [-0.4, -0.2) is 35.4 Å². The van der Waals surface area contributed by atoms with Crippen LogP contribution in [0.3, 0.4) is 0 Å². The van der Waals surface area contributed by atoms with Crippen molar-refractivity contribution in [2.75, 3.05) is 6.61 Å². The number of carbonyl (C=O) groups is 2. The Hall–Kier alpha value is -4.12. The van der Waals surface area contributed by atoms with Crippen molar-refractivity contribution in [3.05, 3.63) is 114 Å². The first-order chi connectivity index (χ1) is 17.9. The monoisotopic (exact) mass is 494 g/mol. The van der Waals surface area contributed by atoms with Crippen LogP contribution in [0.5, 0.6) is 5.75 Å². The van der Waals surface area contributed by atoms with Crippen LogP contribution >= 0.6 is 0 Å². The smallest absolute Gasteiger partial charge is 0.261 e. The molecule has 0 heterocycles. The summed E-state index contributed by atoms with van der Waals surface area (Å²) >= 11 is 0. The summed E-state index contributed by atoms with van der Waals surface area (Å²) in [5.74, 6) is 0.232. The number of hydrogen-bond donors (Lipinski definition) is 1. The zero-order valence-corrected chi connectivity index (χ0v) is 21.7. The molecular weight excluding hydrogens is 460 g/mol. The topological polar surface area (TPSA) is 58.6 Å². The van der Waals surface area contributed by atoms with Gasteiger partial charge in [-0.3, -0.25) is 9.59 Å². The summed E-state index contributed by atoms with van der Waals surface area (Å²) < 4.78 is 6.07. The van der Waals surface area contributed by atoms with Crippen molar-refractivity contribution in [3.8, 4) is 5.75 Å². The number of nitrogens with one attached hydrogen (secondary N) is 1. The van der Waals surface area contributed by atoms with Gasteiger partial charge in [0.25, 0.3) is 5.91 Å². The minimum atomic E-state index is -0.687. The van der Waals surface area contributed by atoms with Gasteiger partial charge in [-0.2, -0.15) is 0 Å². The van der Waals surface area contributed by atoms with Crippen molar-refractivity contribution in [3.63, 3.8) is 0 Å². The predicted octanol–water partition coefficient (Wildman–Crippen LogP) is 5.69. The van der Waals surface area contributed by atoms with Crippen molar-refractivity contribution in [2.24, 2.45) is 0 Å². The molecule has 0 fully saturated rings. The van der Waals surface area contributed by atoms with E-state index in [-0.39, 0.29) is 24.5 Å². The second-order valence-electron chi connectivity index (χ2n) is 9.58. The first kappa shape index (κ1) is 26.0. The van der Waals surface area contributed by atoms with Crippen LogP contribution < -0.4 is 10.1 Å². The highest BCUT2D eigenvalue weighted by atomic mass is 16.5. The highest BCUT2D eigenvalue weighted by molar-refractivity contribution is 5.90. The Labute approximate surface area is 219 Å². The van der Waals surface area contributed by atoms with E-state index in [1.54, 1.807) is 4.90 Å². The molecule has 37 heavy (non-hydrogen) atoms. The third kappa shape index (κ3) is 6.76. The Morgan fingerprint density at radius 3 is 2.27 bits per heavy atom. The number of ether oxygens (including phenoxy) is 1. The molecule has 2 amide bonds. The molecule has 0 aromatic heterocycles. The molecule has 4 aromatic carbocycles. The zero-order chi connectivity index (χ0) is 26.2. The van der Waals surface area contributed by atoms with Crippen molar-refractivity contribution in [1.82, 2.24) is 10.2 Å². The molecule has 190 valence electrons. The van der Waals surface area contributed by atoms with Crippen LogP contribution in [0.2, 0.25) is 0 Å². The van der Waals surface area contributed by atoms with E-state index in [1.807, 2.05) is 118 Å². The van der Waals surface area contributed by atoms with E-state index in [4.69, 9.17) is 4.74 Å². The zero-order valence-electron chi connectivity index (χ0n) is 21.7. The molecule has 5 heteroatoms. The lowest BCUT2D eigenvalue weighted by atomic mass is 10.0. The number of fused-ring (bicyclic) bond motifs is 1. The second kappa shape index (κ2) is 12.2. The van der Waals surface area contributed by atoms with Gasteiger partial charge < -0.3 is 15.0 Å². The third-order valence-electron chi connectivity index (χ3n) is 6.40. The standard InChI is InChI=1S/C32H34N2O3/c1-23(2)33-32(36)29(20-25-13-5-4-6-14-25)34(21-27-16-8-7-12-24(27)3)31(35)22-37-30-19-11-17-26-15-9-10-18-28(26)30/h4-19,23,29H,20-22H2,1-3H3,(H,33,36)/t29-/m1/s1. The van der Waals surface area contributed by atoms with E-state index in [0.717, 1.165) is 27.5 Å². The van der Waals surface area contributed by atoms with Gasteiger partial charge in [0.2, 0.25) is 5.91 Å². The van der Waals surface area contributed by atoms with Gasteiger partial charge in [0, 0.05) is 24.4 Å². The van der Waals surface area contributed by atoms with E-state index >= 15 is 0 Å². The van der Waals surface area contributed by atoms with Crippen LogP contribution in [0, 0.1) is 6.92 Å². The maximum absolute atomic E-state index is 13.8. The lowest BCUT2D eigenvalue weighted by Gasteiger charge is -2.32. The number of carbonyl (C=O) groups excluding carboxylic acids is 2. The molecule has 0 aliphatic carbocycles. The maximum Gasteiger partial charge on any atom is 0.261 e. The summed E-state index contributed by atoms with van der Waals surface area (Å²) in [5.41, 5.74) is 3.05. The molecule has 0 saturated heterocycles. The predicted molar refractivity (Wildman–Crippen MR) is 148 cm³/mol. The van der Waals surface area contributed by atoms with Gasteiger partial charge in [-0.1, -0.05) is 91.0 Å². The lowest BCUT2D eigenvalue weighted by Crippen LogP contribution is -2.52. The van der Waals surface area contributed by atoms with Gasteiger partial charge >= 0.3 is 0 Å². The molecular formula is C32H34N2O3. The van der Waals surface area contributed by atoms with E-state index in [0.29, 0.717) is 18.7 Å². The fourth-order valence-electron chi connectivity index (χ4n) is 4.45. The fraction of sp³-hybridized carbons (Fsp3) is 0.250. The summed E-state index contributed by atoms with van der Waals surface area (Å²) in [6.45, 7) is 6.02. The molecule has 1 atom stereocenters. The van der Waals surface area contributed by atoms with Gasteiger partial charge in [-0.15, -0.1) is 0 Å². The van der Waals surface area contributed by atoms with Crippen LogP contribution in [-0.2, 0) is 22.6 Å². The van der Waals surface area contributed by atoms with Gasteiger partial charge in [-0.05, 0) is 48.9 Å². The minimum absolute atomic E-state index is 0.0480. The van der Waals surface area contributed by atoms with Gasteiger partial charge in [-0.25, -0.2) is 0 Å². The highest BCUT2D eigenvalue weighted by Crippen LogP contribution is 2.25. The molecule has 4 rings (SSSR count). The number of benzene rings is 4. The summed E-state index contributed by atoms with van der Waals surface area (Å²) in [7, 11) is 0. The summed E-state index contributed by atoms with van der Waals surface area (Å²) in [6.07, 6.45) is 0.408. The Kier molecular flexibility index (Phi) is 8.57. The Bertz CT molecular complexity index is 1350. The average molecular weight is 495 g/mol. The normalized spacial score (nSPS) is 11.8. The molecule has 0 aliphatic rings. The van der Waals surface area contributed by atoms with Crippen molar-refractivity contribution >= 4 is 22.6 Å². The quantitative estimate of drug-likeness (QED) is 0.308. The number of nitrogens with zero attached hydrogens (tertiary/aromatic N) is 1. The summed E-state index contributed by atoms with van der Waals surface area (Å²) in [5, 5.41) is 5.01. The summed E-state index contributed by atoms with van der Waals surface area (Å²) in [4.78, 5) is 29.0. The first-order valence-corrected chi connectivity index (χ1v) is 12.7. The summed E-state index contributed by atoms with van der Waals surface area (Å²) in [6, 6.07) is 30.8. The molecule has 0 saturated carbocycles. The number of amides is 2. The molecule has 4 aromatic rings. The maximum atomic E-state index is 13.8. The van der Waals surface area contributed by atoms with Crippen LogP contribution in [0.4, 0.5) is 0 Å². The van der Waals surface area contributed by atoms with Gasteiger partial charge in [0.05, 0.1) is 0 Å². The van der Waals surface area contributed by atoms with Gasteiger partial charge in [0.15, 0.2) is 6.61 Å². The van der Waals surface area contributed by atoms with Crippen LogP contribution in [0.15, 0.2) is 97.1 Å². The molecule has 1 N–H and O–H groups in total. The largest absolute Gasteiger partial charge is 0.483 e. The van der Waals surface area contributed by atoms with E-state index in [2.05, 4.69) is 5.32 Å². The third-order valence-corrected chi connectivity index (χ3v) is 6.40. The van der Waals surface area contributed by atoms with Gasteiger partial charge in [0.1, 0.15) is 11.8 Å². The molecule has 0 spiro atoms. The Balaban J connectivity index is 1.65. The Morgan fingerprint density at radius 1 is 0.838 bits per heavy atom. The van der Waals surface area contributed by atoms with Crippen molar-refractivity contribution in [1.29, 1.82) is 0 Å². The second-order valence-corrected chi connectivity index (χ2v) is 9.58. The van der Waals surface area contributed by atoms with Crippen LogP contribution in [0.25, 0.3) is 10.8 Å². The molecule has 0 aliphatic heterocycles. The first-order valence-electron chi connectivity index (χ1n) is 12.7. The van der Waals surface area contributed by atoms with Crippen LogP contribution in [0.1, 0.15) is 30.5 Å². The number of rotatable bonds is 10. The average Bonchev–Trinajstić information content (AvgIpc) is 2.90. The lowest BCUT2D eigenvalue weighted by molar-refractivity contribution is -0.143. The molecule has 0 unspecified atom stereocenters. The van der Waals surface area contributed by atoms with E-state index < -0.39 is 6.04 Å². The number of aryl methyl sites for hydroxylation is 1. The Morgan fingerprint density at radius 2 is 1.51 bits per heavy atom. The molecule has 0 radical (unpaired) electrons. The van der Waals surface area contributed by atoms with E-state index in [9.17, 15) is 9.59 Å². The van der Waals surface area contributed by atoms with E-state index in [1.165, 1.54) is 0 Å². The minimum Gasteiger partial charge on any atom is -0.483 e. The van der Waals surface area contributed by atoms with Crippen molar-refractivity contribution < 1.29 is 14.3 Å². The highest BCUT2D eigenvalue weighted by Gasteiger charge is 2.31. The molecule has 5 nitrogen and oxygen atoms in total. The number of hydrogen-bond acceptors (Lipinski definition) is 3. The molecule has 0 bridgehead atoms. The fourth-order valence-corrected chi connectivity index (χ4v) is 4.45. The SMILES string of the molecule is Cc1ccccc1CN(C(=O)COc1cccc2ccccc12)[C@H](Cc1ccccc1)C(=O)NC(C)C.